The van der Waals surface area contributed by atoms with E-state index < -0.39 is 17.3 Å². The average Bonchev–Trinajstić information content (AvgIpc) is 2.64. The fourth-order valence-corrected chi connectivity index (χ4v) is 1.91. The molecular weight excluding hydrogens is 269 g/mol. The Bertz CT molecular complexity index is 708. The number of benzene rings is 1. The molecule has 20 heavy (non-hydrogen) atoms. The van der Waals surface area contributed by atoms with Crippen LogP contribution in [0.25, 0.3) is 5.69 Å². The highest BCUT2D eigenvalue weighted by molar-refractivity contribution is 5.53. The minimum absolute atomic E-state index is 0.367. The lowest BCUT2D eigenvalue weighted by Crippen LogP contribution is -2.09. The molecule has 2 rings (SSSR count). The van der Waals surface area contributed by atoms with Crippen LogP contribution in [0.2, 0.25) is 0 Å². The van der Waals surface area contributed by atoms with E-state index in [-0.39, 0.29) is 0 Å². The maximum Gasteiger partial charge on any atom is 0.417 e. The maximum atomic E-state index is 12.7. The Labute approximate surface area is 113 Å². The third kappa shape index (κ3) is 2.20. The van der Waals surface area contributed by atoms with Crippen LogP contribution >= 0.6 is 0 Å². The van der Waals surface area contributed by atoms with Gasteiger partial charge in [-0.1, -0.05) is 0 Å². The molecule has 2 aromatic rings. The van der Waals surface area contributed by atoms with Crippen molar-refractivity contribution in [3.05, 3.63) is 40.7 Å². The minimum Gasteiger partial charge on any atom is -0.396 e. The van der Waals surface area contributed by atoms with Crippen LogP contribution in [0, 0.1) is 25.2 Å². The van der Waals surface area contributed by atoms with Gasteiger partial charge in [0.25, 0.3) is 0 Å². The van der Waals surface area contributed by atoms with E-state index in [0.29, 0.717) is 22.8 Å². The van der Waals surface area contributed by atoms with Gasteiger partial charge in [-0.3, -0.25) is 0 Å². The predicted molar refractivity (Wildman–Crippen MR) is 67.2 cm³/mol. The van der Waals surface area contributed by atoms with Crippen molar-refractivity contribution in [2.24, 2.45) is 0 Å². The van der Waals surface area contributed by atoms with Crippen molar-refractivity contribution in [3.63, 3.8) is 0 Å². The van der Waals surface area contributed by atoms with E-state index in [1.807, 2.05) is 0 Å². The van der Waals surface area contributed by atoms with Crippen LogP contribution < -0.4 is 5.73 Å². The van der Waals surface area contributed by atoms with Gasteiger partial charge in [0.1, 0.15) is 0 Å². The number of hydrogen-bond acceptors (Lipinski definition) is 3. The van der Waals surface area contributed by atoms with Gasteiger partial charge in [-0.15, -0.1) is 0 Å². The number of rotatable bonds is 1. The van der Waals surface area contributed by atoms with Gasteiger partial charge in [0.2, 0.25) is 0 Å². The molecule has 0 atom stereocenters. The van der Waals surface area contributed by atoms with Crippen molar-refractivity contribution in [1.29, 1.82) is 5.26 Å². The first-order valence-corrected chi connectivity index (χ1v) is 5.69. The Hall–Kier alpha value is -2.49. The number of aryl methyl sites for hydroxylation is 1. The van der Waals surface area contributed by atoms with Crippen LogP contribution in [0.4, 0.5) is 18.9 Å². The van der Waals surface area contributed by atoms with Crippen molar-refractivity contribution >= 4 is 5.69 Å². The second-order valence-corrected chi connectivity index (χ2v) is 4.34. The number of alkyl halides is 3. The molecule has 0 unspecified atom stereocenters. The highest BCUT2D eigenvalue weighted by Crippen LogP contribution is 2.33. The van der Waals surface area contributed by atoms with Crippen LogP contribution in [0.15, 0.2) is 18.2 Å². The smallest absolute Gasteiger partial charge is 0.396 e. The van der Waals surface area contributed by atoms with Gasteiger partial charge < -0.3 is 5.73 Å². The summed E-state index contributed by atoms with van der Waals surface area (Å²) in [5.41, 5.74) is 6.42. The van der Waals surface area contributed by atoms with Gasteiger partial charge >= 0.3 is 6.18 Å². The topological polar surface area (TPSA) is 67.6 Å². The Morgan fingerprint density at radius 3 is 2.40 bits per heavy atom. The minimum atomic E-state index is -4.56. The highest BCUT2D eigenvalue weighted by atomic mass is 19.4. The fourth-order valence-electron chi connectivity index (χ4n) is 1.91. The molecule has 1 aromatic carbocycles. The van der Waals surface area contributed by atoms with Crippen molar-refractivity contribution in [2.75, 3.05) is 5.73 Å². The predicted octanol–water partition coefficient (Wildman–Crippen LogP) is 2.96. The largest absolute Gasteiger partial charge is 0.417 e. The van der Waals surface area contributed by atoms with Crippen LogP contribution in [0.5, 0.6) is 0 Å². The third-order valence-corrected chi connectivity index (χ3v) is 3.02. The molecule has 0 saturated carbocycles. The van der Waals surface area contributed by atoms with Crippen LogP contribution in [0.3, 0.4) is 0 Å². The maximum absolute atomic E-state index is 12.7. The SMILES string of the molecule is Cc1nn(-c2ccc(C(F)(F)F)c(C#N)c2)c(C)c1N. The van der Waals surface area contributed by atoms with Gasteiger partial charge in [0, 0.05) is 0 Å². The Morgan fingerprint density at radius 2 is 1.95 bits per heavy atom. The van der Waals surface area contributed by atoms with Gasteiger partial charge in [-0.25, -0.2) is 4.68 Å². The molecule has 4 nitrogen and oxygen atoms in total. The first-order chi connectivity index (χ1) is 9.25. The molecule has 1 aromatic heterocycles. The third-order valence-electron chi connectivity index (χ3n) is 3.02. The van der Waals surface area contributed by atoms with Crippen LogP contribution in [-0.4, -0.2) is 9.78 Å². The number of nitrogens with two attached hydrogens (primary N) is 1. The first-order valence-electron chi connectivity index (χ1n) is 5.69. The number of nitrogens with zero attached hydrogens (tertiary/aromatic N) is 3. The first kappa shape index (κ1) is 13.9. The Kier molecular flexibility index (Phi) is 3.18. The fraction of sp³-hybridized carbons (Fsp3) is 0.231. The van der Waals surface area contributed by atoms with Crippen LogP contribution in [0.1, 0.15) is 22.5 Å². The van der Waals surface area contributed by atoms with Crippen molar-refractivity contribution in [3.8, 4) is 11.8 Å². The zero-order valence-corrected chi connectivity index (χ0v) is 10.8. The molecule has 0 fully saturated rings. The molecular formula is C13H11F3N4. The van der Waals surface area contributed by atoms with E-state index in [0.717, 1.165) is 12.1 Å². The summed E-state index contributed by atoms with van der Waals surface area (Å²) in [7, 11) is 0. The Morgan fingerprint density at radius 1 is 1.30 bits per heavy atom. The lowest BCUT2D eigenvalue weighted by molar-refractivity contribution is -0.137. The summed E-state index contributed by atoms with van der Waals surface area (Å²) in [6.45, 7) is 3.41. The summed E-state index contributed by atoms with van der Waals surface area (Å²) in [5.74, 6) is 0. The van der Waals surface area contributed by atoms with Gasteiger partial charge in [-0.05, 0) is 32.0 Å². The summed E-state index contributed by atoms with van der Waals surface area (Å²) in [4.78, 5) is 0. The van der Waals surface area contributed by atoms with E-state index in [2.05, 4.69) is 5.10 Å². The number of hydrogen-bond donors (Lipinski definition) is 1. The summed E-state index contributed by atoms with van der Waals surface area (Å²) in [6.07, 6.45) is -4.56. The number of halogens is 3. The Balaban J connectivity index is 2.61. The molecule has 0 radical (unpaired) electrons. The van der Waals surface area contributed by atoms with E-state index in [1.165, 1.54) is 10.7 Å². The van der Waals surface area contributed by atoms with Crippen LogP contribution in [-0.2, 0) is 6.18 Å². The van der Waals surface area contributed by atoms with Crippen molar-refractivity contribution in [1.82, 2.24) is 9.78 Å². The molecule has 0 saturated heterocycles. The molecule has 0 spiro atoms. The summed E-state index contributed by atoms with van der Waals surface area (Å²) < 4.78 is 39.6. The summed E-state index contributed by atoms with van der Waals surface area (Å²) in [5, 5.41) is 13.0. The zero-order valence-electron chi connectivity index (χ0n) is 10.8. The molecule has 104 valence electrons. The van der Waals surface area contributed by atoms with E-state index in [1.54, 1.807) is 19.9 Å². The van der Waals surface area contributed by atoms with E-state index in [9.17, 15) is 13.2 Å². The molecule has 0 bridgehead atoms. The lowest BCUT2D eigenvalue weighted by Gasteiger charge is -2.11. The molecule has 0 aliphatic carbocycles. The van der Waals surface area contributed by atoms with Crippen molar-refractivity contribution < 1.29 is 13.2 Å². The number of aromatic nitrogens is 2. The number of nitriles is 1. The second-order valence-electron chi connectivity index (χ2n) is 4.34. The summed E-state index contributed by atoms with van der Waals surface area (Å²) in [6, 6.07) is 4.86. The molecule has 0 aliphatic rings. The van der Waals surface area contributed by atoms with Crippen molar-refractivity contribution in [2.45, 2.75) is 20.0 Å². The molecule has 7 heteroatoms. The number of nitrogen functional groups attached to an aromatic ring is 1. The molecule has 2 N–H and O–H groups in total. The second kappa shape index (κ2) is 4.56. The monoisotopic (exact) mass is 280 g/mol. The normalized spacial score (nSPS) is 11.4. The standard InChI is InChI=1S/C13H11F3N4/c1-7-12(18)8(2)20(19-7)10-3-4-11(13(14,15)16)9(5-10)6-17/h3-5H,18H2,1-2H3. The van der Waals surface area contributed by atoms with Gasteiger partial charge in [0.05, 0.1) is 40.0 Å². The lowest BCUT2D eigenvalue weighted by atomic mass is 10.1. The zero-order chi connectivity index (χ0) is 15.1. The number of anilines is 1. The molecule has 0 amide bonds. The average molecular weight is 280 g/mol. The summed E-state index contributed by atoms with van der Waals surface area (Å²) >= 11 is 0. The van der Waals surface area contributed by atoms with Gasteiger partial charge in [0.15, 0.2) is 0 Å². The quantitative estimate of drug-likeness (QED) is 0.873. The van der Waals surface area contributed by atoms with Gasteiger partial charge in [-0.2, -0.15) is 23.5 Å². The molecule has 0 aliphatic heterocycles. The van der Waals surface area contributed by atoms with E-state index in [4.69, 9.17) is 11.0 Å². The highest BCUT2D eigenvalue weighted by Gasteiger charge is 2.33. The molecule has 1 heterocycles. The van der Waals surface area contributed by atoms with E-state index >= 15 is 0 Å².